The van der Waals surface area contributed by atoms with Crippen LogP contribution in [-0.2, 0) is 7.05 Å². The molecule has 0 aliphatic rings. The second-order valence-electron chi connectivity index (χ2n) is 6.67. The van der Waals surface area contributed by atoms with Gasteiger partial charge in [-0.3, -0.25) is 0 Å². The molecule has 4 rings (SSSR count). The summed E-state index contributed by atoms with van der Waals surface area (Å²) >= 11 is 0. The number of benzene rings is 2. The molecule has 0 aliphatic heterocycles. The van der Waals surface area contributed by atoms with Crippen LogP contribution in [0.25, 0.3) is 22.6 Å². The first-order valence-electron chi connectivity index (χ1n) is 8.92. The highest BCUT2D eigenvalue weighted by Gasteiger charge is 2.06. The molecule has 2 aromatic heterocycles. The van der Waals surface area contributed by atoms with E-state index in [0.717, 1.165) is 34.0 Å². The van der Waals surface area contributed by atoms with E-state index in [1.165, 1.54) is 0 Å². The van der Waals surface area contributed by atoms with Crippen LogP contribution in [0.1, 0.15) is 0 Å². The summed E-state index contributed by atoms with van der Waals surface area (Å²) in [5.41, 5.74) is 4.98. The molecule has 28 heavy (non-hydrogen) atoms. The number of rotatable bonds is 5. The first kappa shape index (κ1) is 17.7. The van der Waals surface area contributed by atoms with Crippen molar-refractivity contribution >= 4 is 17.3 Å². The maximum absolute atomic E-state index is 4.64. The van der Waals surface area contributed by atoms with E-state index in [-0.39, 0.29) is 0 Å². The Bertz CT molecular complexity index is 1070. The molecule has 2 heterocycles. The number of hydrogen-bond donors (Lipinski definition) is 1. The Hall–Kier alpha value is -3.74. The zero-order valence-electron chi connectivity index (χ0n) is 16.0. The summed E-state index contributed by atoms with van der Waals surface area (Å²) in [5, 5.41) is 11.3. The third-order valence-electron chi connectivity index (χ3n) is 4.45. The quantitative estimate of drug-likeness (QED) is 0.576. The van der Waals surface area contributed by atoms with E-state index in [1.54, 1.807) is 12.5 Å². The molecule has 4 aromatic rings. The van der Waals surface area contributed by atoms with Crippen LogP contribution in [0.3, 0.4) is 0 Å². The zero-order chi connectivity index (χ0) is 19.5. The Morgan fingerprint density at radius 3 is 2.25 bits per heavy atom. The van der Waals surface area contributed by atoms with Gasteiger partial charge in [-0.25, -0.2) is 9.97 Å². The highest BCUT2D eigenvalue weighted by Crippen LogP contribution is 2.23. The predicted octanol–water partition coefficient (Wildman–Crippen LogP) is 3.75. The van der Waals surface area contributed by atoms with Gasteiger partial charge in [0.1, 0.15) is 6.33 Å². The Morgan fingerprint density at radius 1 is 0.893 bits per heavy atom. The van der Waals surface area contributed by atoms with Gasteiger partial charge in [0, 0.05) is 49.8 Å². The van der Waals surface area contributed by atoms with E-state index >= 15 is 0 Å². The molecule has 140 valence electrons. The monoisotopic (exact) mass is 371 g/mol. The van der Waals surface area contributed by atoms with Crippen molar-refractivity contribution < 1.29 is 0 Å². The Labute approximate surface area is 163 Å². The highest BCUT2D eigenvalue weighted by molar-refractivity contribution is 5.66. The lowest BCUT2D eigenvalue weighted by molar-refractivity contribution is 0.920. The van der Waals surface area contributed by atoms with Crippen LogP contribution in [0, 0.1) is 0 Å². The normalized spacial score (nSPS) is 10.7. The van der Waals surface area contributed by atoms with E-state index in [2.05, 4.69) is 54.6 Å². The fourth-order valence-corrected chi connectivity index (χ4v) is 2.89. The van der Waals surface area contributed by atoms with Gasteiger partial charge >= 0.3 is 0 Å². The lowest BCUT2D eigenvalue weighted by Gasteiger charge is -2.12. The lowest BCUT2D eigenvalue weighted by atomic mass is 10.1. The molecule has 0 radical (unpaired) electrons. The molecular weight excluding hydrogens is 350 g/mol. The van der Waals surface area contributed by atoms with Crippen molar-refractivity contribution in [3.05, 3.63) is 67.1 Å². The third-order valence-corrected chi connectivity index (χ3v) is 4.45. The van der Waals surface area contributed by atoms with Crippen molar-refractivity contribution in [3.8, 4) is 22.6 Å². The average molecular weight is 371 g/mol. The topological polar surface area (TPSA) is 71.8 Å². The van der Waals surface area contributed by atoms with Crippen molar-refractivity contribution in [3.63, 3.8) is 0 Å². The summed E-state index contributed by atoms with van der Waals surface area (Å²) < 4.78 is 1.89. The van der Waals surface area contributed by atoms with E-state index < -0.39 is 0 Å². The van der Waals surface area contributed by atoms with Crippen molar-refractivity contribution in [1.29, 1.82) is 0 Å². The van der Waals surface area contributed by atoms with Gasteiger partial charge in [0.2, 0.25) is 5.95 Å². The molecule has 7 heteroatoms. The number of hydrogen-bond acceptors (Lipinski definition) is 6. The molecule has 0 unspecified atom stereocenters. The van der Waals surface area contributed by atoms with Gasteiger partial charge in [0.05, 0.1) is 5.69 Å². The van der Waals surface area contributed by atoms with Gasteiger partial charge in [0.25, 0.3) is 0 Å². The molecule has 0 saturated heterocycles. The summed E-state index contributed by atoms with van der Waals surface area (Å²) in [4.78, 5) is 11.0. The fourth-order valence-electron chi connectivity index (χ4n) is 2.89. The molecule has 0 saturated carbocycles. The maximum atomic E-state index is 4.64. The molecule has 0 amide bonds. The second-order valence-corrected chi connectivity index (χ2v) is 6.67. The summed E-state index contributed by atoms with van der Waals surface area (Å²) in [7, 11) is 5.97. The number of aryl methyl sites for hydroxylation is 1. The minimum atomic E-state index is 0.556. The zero-order valence-corrected chi connectivity index (χ0v) is 16.0. The van der Waals surface area contributed by atoms with Gasteiger partial charge in [-0.1, -0.05) is 12.1 Å². The lowest BCUT2D eigenvalue weighted by Crippen LogP contribution is -2.08. The molecule has 1 N–H and O–H groups in total. The summed E-state index contributed by atoms with van der Waals surface area (Å²) in [6, 6.07) is 18.1. The molecular formula is C21H21N7. The summed E-state index contributed by atoms with van der Waals surface area (Å²) in [6.45, 7) is 0. The first-order chi connectivity index (χ1) is 13.6. The number of anilines is 3. The van der Waals surface area contributed by atoms with Crippen LogP contribution in [0.2, 0.25) is 0 Å². The smallest absolute Gasteiger partial charge is 0.227 e. The SMILES string of the molecule is CN(C)c1ccc(-c2ccnc(Nc3ccc(-c4nncn4C)cc3)n2)cc1. The predicted molar refractivity (Wildman–Crippen MR) is 112 cm³/mol. The minimum Gasteiger partial charge on any atom is -0.378 e. The van der Waals surface area contributed by atoms with Crippen molar-refractivity contribution in [2.45, 2.75) is 0 Å². The minimum absolute atomic E-state index is 0.556. The Kier molecular flexibility index (Phi) is 4.72. The molecule has 0 bridgehead atoms. The van der Waals surface area contributed by atoms with Crippen LogP contribution < -0.4 is 10.2 Å². The van der Waals surface area contributed by atoms with Crippen LogP contribution in [0.4, 0.5) is 17.3 Å². The Morgan fingerprint density at radius 2 is 1.61 bits per heavy atom. The standard InChI is InChI=1S/C21H21N7/c1-27(2)18-10-6-15(7-11-18)19-12-13-22-21(25-19)24-17-8-4-16(5-9-17)20-26-23-14-28(20)3/h4-14H,1-3H3,(H,22,24,25). The highest BCUT2D eigenvalue weighted by atomic mass is 15.2. The van der Waals surface area contributed by atoms with Gasteiger partial charge in [-0.15, -0.1) is 10.2 Å². The maximum Gasteiger partial charge on any atom is 0.227 e. The van der Waals surface area contributed by atoms with Gasteiger partial charge in [0.15, 0.2) is 5.82 Å². The first-order valence-corrected chi connectivity index (χ1v) is 8.92. The van der Waals surface area contributed by atoms with E-state index in [0.29, 0.717) is 5.95 Å². The largest absolute Gasteiger partial charge is 0.378 e. The van der Waals surface area contributed by atoms with Crippen molar-refractivity contribution in [1.82, 2.24) is 24.7 Å². The molecule has 0 fully saturated rings. The second kappa shape index (κ2) is 7.48. The van der Waals surface area contributed by atoms with Crippen LogP contribution in [0.5, 0.6) is 0 Å². The van der Waals surface area contributed by atoms with Gasteiger partial charge in [-0.05, 0) is 42.5 Å². The van der Waals surface area contributed by atoms with E-state index in [1.807, 2.05) is 56.0 Å². The van der Waals surface area contributed by atoms with Crippen molar-refractivity contribution in [2.75, 3.05) is 24.3 Å². The third kappa shape index (κ3) is 3.68. The summed E-state index contributed by atoms with van der Waals surface area (Å²) in [5.74, 6) is 1.38. The molecule has 2 aromatic carbocycles. The molecule has 0 aliphatic carbocycles. The number of aromatic nitrogens is 5. The van der Waals surface area contributed by atoms with Gasteiger partial charge < -0.3 is 14.8 Å². The van der Waals surface area contributed by atoms with Gasteiger partial charge in [-0.2, -0.15) is 0 Å². The molecule has 0 atom stereocenters. The van der Waals surface area contributed by atoms with E-state index in [9.17, 15) is 0 Å². The van der Waals surface area contributed by atoms with Crippen LogP contribution >= 0.6 is 0 Å². The van der Waals surface area contributed by atoms with Crippen LogP contribution in [0.15, 0.2) is 67.1 Å². The van der Waals surface area contributed by atoms with Crippen molar-refractivity contribution in [2.24, 2.45) is 7.05 Å². The Balaban J connectivity index is 1.52. The van der Waals surface area contributed by atoms with E-state index in [4.69, 9.17) is 0 Å². The fraction of sp³-hybridized carbons (Fsp3) is 0.143. The molecule has 0 spiro atoms. The average Bonchev–Trinajstić information content (AvgIpc) is 3.15. The summed E-state index contributed by atoms with van der Waals surface area (Å²) in [6.07, 6.45) is 3.45. The number of nitrogens with zero attached hydrogens (tertiary/aromatic N) is 6. The molecule has 7 nitrogen and oxygen atoms in total. The van der Waals surface area contributed by atoms with Crippen LogP contribution in [-0.4, -0.2) is 38.8 Å². The number of nitrogens with one attached hydrogen (secondary N) is 1.